The lowest BCUT2D eigenvalue weighted by Crippen LogP contribution is -2.35. The molecule has 0 bridgehead atoms. The number of carbonyl (C=O) groups is 2. The summed E-state index contributed by atoms with van der Waals surface area (Å²) < 4.78 is 0. The van der Waals surface area contributed by atoms with Crippen molar-refractivity contribution < 1.29 is 9.59 Å². The minimum atomic E-state index is -0.366. The van der Waals surface area contributed by atoms with Crippen LogP contribution >= 0.6 is 0 Å². The molecule has 2 amide bonds. The predicted octanol–water partition coefficient (Wildman–Crippen LogP) is 2.22. The highest BCUT2D eigenvalue weighted by Gasteiger charge is 2.11. The van der Waals surface area contributed by atoms with E-state index in [4.69, 9.17) is 0 Å². The molecule has 8 heteroatoms. The Kier molecular flexibility index (Phi) is 6.67. The summed E-state index contributed by atoms with van der Waals surface area (Å²) in [6.07, 6.45) is 1.77. The zero-order valence-corrected chi connectivity index (χ0v) is 16.6. The molecular formula is C21H24N6O2. The maximum absolute atomic E-state index is 12.1. The molecule has 0 saturated heterocycles. The number of hydrogen-bond donors (Lipinski definition) is 2. The van der Waals surface area contributed by atoms with Crippen molar-refractivity contribution in [3.8, 4) is 11.4 Å². The standard InChI is InChI=1S/C21H24N6O2/c1-3-15-9-11-17(12-10-15)21-24-26-27(25-21)14-20(29)22-13-19(28)23-18-8-6-5-7-16(18)4-2/h5-12H,3-4,13-14H2,1-2H3,(H,22,29)(H,23,28). The summed E-state index contributed by atoms with van der Waals surface area (Å²) in [5.41, 5.74) is 3.85. The second-order valence-electron chi connectivity index (χ2n) is 6.53. The lowest BCUT2D eigenvalue weighted by atomic mass is 10.1. The summed E-state index contributed by atoms with van der Waals surface area (Å²) in [5.74, 6) is -0.203. The molecule has 0 saturated carbocycles. The van der Waals surface area contributed by atoms with Crippen molar-refractivity contribution in [2.24, 2.45) is 0 Å². The molecule has 0 fully saturated rings. The van der Waals surface area contributed by atoms with Crippen LogP contribution in [0.5, 0.6) is 0 Å². The van der Waals surface area contributed by atoms with Gasteiger partial charge in [0.15, 0.2) is 0 Å². The fourth-order valence-electron chi connectivity index (χ4n) is 2.82. The van der Waals surface area contributed by atoms with Crippen LogP contribution in [0.3, 0.4) is 0 Å². The minimum Gasteiger partial charge on any atom is -0.345 e. The van der Waals surface area contributed by atoms with E-state index in [0.29, 0.717) is 5.82 Å². The maximum Gasteiger partial charge on any atom is 0.244 e. The highest BCUT2D eigenvalue weighted by Crippen LogP contribution is 2.15. The molecule has 0 aliphatic heterocycles. The fraction of sp³-hybridized carbons (Fsp3) is 0.286. The third-order valence-corrected chi connectivity index (χ3v) is 4.48. The zero-order chi connectivity index (χ0) is 20.6. The fourth-order valence-corrected chi connectivity index (χ4v) is 2.82. The van der Waals surface area contributed by atoms with Gasteiger partial charge in [0.25, 0.3) is 0 Å². The second-order valence-corrected chi connectivity index (χ2v) is 6.53. The van der Waals surface area contributed by atoms with Gasteiger partial charge in [0.05, 0.1) is 6.54 Å². The Morgan fingerprint density at radius 1 is 0.966 bits per heavy atom. The molecule has 2 aromatic carbocycles. The molecule has 0 aliphatic carbocycles. The average Bonchev–Trinajstić information content (AvgIpc) is 3.21. The summed E-state index contributed by atoms with van der Waals surface area (Å²) in [4.78, 5) is 25.4. The SMILES string of the molecule is CCc1ccc(-c2nnn(CC(=O)NCC(=O)Nc3ccccc3CC)n2)cc1. The van der Waals surface area contributed by atoms with Gasteiger partial charge >= 0.3 is 0 Å². The third-order valence-electron chi connectivity index (χ3n) is 4.48. The smallest absolute Gasteiger partial charge is 0.244 e. The highest BCUT2D eigenvalue weighted by molar-refractivity contribution is 5.95. The Morgan fingerprint density at radius 2 is 1.72 bits per heavy atom. The first-order valence-electron chi connectivity index (χ1n) is 9.60. The number of aryl methyl sites for hydroxylation is 2. The molecule has 1 heterocycles. The molecule has 0 spiro atoms. The predicted molar refractivity (Wildman–Crippen MR) is 110 cm³/mol. The summed E-state index contributed by atoms with van der Waals surface area (Å²) in [5, 5.41) is 17.5. The maximum atomic E-state index is 12.1. The molecule has 1 aromatic heterocycles. The number of nitrogens with one attached hydrogen (secondary N) is 2. The van der Waals surface area contributed by atoms with Gasteiger partial charge in [-0.25, -0.2) is 0 Å². The molecule has 0 unspecified atom stereocenters. The van der Waals surface area contributed by atoms with E-state index in [0.717, 1.165) is 29.7 Å². The van der Waals surface area contributed by atoms with Gasteiger partial charge in [0, 0.05) is 11.3 Å². The van der Waals surface area contributed by atoms with Crippen molar-refractivity contribution in [3.05, 3.63) is 59.7 Å². The monoisotopic (exact) mass is 392 g/mol. The van der Waals surface area contributed by atoms with Crippen molar-refractivity contribution >= 4 is 17.5 Å². The third kappa shape index (κ3) is 5.47. The second kappa shape index (κ2) is 9.59. The van der Waals surface area contributed by atoms with Gasteiger partial charge in [0.2, 0.25) is 17.6 Å². The quantitative estimate of drug-likeness (QED) is 0.612. The number of anilines is 1. The summed E-state index contributed by atoms with van der Waals surface area (Å²) in [6, 6.07) is 15.5. The first kappa shape index (κ1) is 20.2. The first-order valence-corrected chi connectivity index (χ1v) is 9.60. The van der Waals surface area contributed by atoms with Crippen molar-refractivity contribution in [3.63, 3.8) is 0 Å². The number of hydrogen-bond acceptors (Lipinski definition) is 5. The Balaban J connectivity index is 1.50. The molecule has 0 radical (unpaired) electrons. The molecule has 0 atom stereocenters. The average molecular weight is 392 g/mol. The van der Waals surface area contributed by atoms with Crippen LogP contribution in [0.1, 0.15) is 25.0 Å². The summed E-state index contributed by atoms with van der Waals surface area (Å²) >= 11 is 0. The number of carbonyl (C=O) groups excluding carboxylic acids is 2. The Hall–Kier alpha value is -3.55. The van der Waals surface area contributed by atoms with Gasteiger partial charge < -0.3 is 10.6 Å². The number of nitrogens with zero attached hydrogens (tertiary/aromatic N) is 4. The van der Waals surface area contributed by atoms with Crippen LogP contribution in [0.4, 0.5) is 5.69 Å². The van der Waals surface area contributed by atoms with Gasteiger partial charge in [0.1, 0.15) is 6.54 Å². The van der Waals surface area contributed by atoms with Crippen molar-refractivity contribution in [1.82, 2.24) is 25.5 Å². The Morgan fingerprint density at radius 3 is 2.45 bits per heavy atom. The van der Waals surface area contributed by atoms with Gasteiger partial charge in [-0.15, -0.1) is 10.2 Å². The van der Waals surface area contributed by atoms with E-state index in [1.54, 1.807) is 0 Å². The highest BCUT2D eigenvalue weighted by atomic mass is 16.2. The van der Waals surface area contributed by atoms with Crippen LogP contribution in [0.15, 0.2) is 48.5 Å². The minimum absolute atomic E-state index is 0.112. The van der Waals surface area contributed by atoms with Crippen molar-refractivity contribution in [2.45, 2.75) is 33.2 Å². The van der Waals surface area contributed by atoms with Crippen molar-refractivity contribution in [2.75, 3.05) is 11.9 Å². The van der Waals surface area contributed by atoms with Gasteiger partial charge in [-0.3, -0.25) is 9.59 Å². The normalized spacial score (nSPS) is 10.6. The topological polar surface area (TPSA) is 102 Å². The van der Waals surface area contributed by atoms with Crippen LogP contribution in [-0.4, -0.2) is 38.6 Å². The van der Waals surface area contributed by atoms with Crippen LogP contribution in [0, 0.1) is 0 Å². The number of amides is 2. The van der Waals surface area contributed by atoms with Gasteiger partial charge in [-0.1, -0.05) is 56.3 Å². The van der Waals surface area contributed by atoms with Crippen LogP contribution in [0.2, 0.25) is 0 Å². The number of tetrazole rings is 1. The van der Waals surface area contributed by atoms with E-state index in [2.05, 4.69) is 33.0 Å². The molecule has 3 rings (SSSR count). The molecule has 0 aliphatic rings. The zero-order valence-electron chi connectivity index (χ0n) is 16.6. The lowest BCUT2D eigenvalue weighted by Gasteiger charge is -2.10. The number of rotatable bonds is 8. The summed E-state index contributed by atoms with van der Waals surface area (Å²) in [7, 11) is 0. The van der Waals surface area contributed by atoms with E-state index in [9.17, 15) is 9.59 Å². The molecule has 150 valence electrons. The first-order chi connectivity index (χ1) is 14.1. The molecule has 2 N–H and O–H groups in total. The molecule has 8 nitrogen and oxygen atoms in total. The van der Waals surface area contributed by atoms with Crippen LogP contribution in [0.25, 0.3) is 11.4 Å². The molecule has 3 aromatic rings. The van der Waals surface area contributed by atoms with E-state index in [-0.39, 0.29) is 24.9 Å². The van der Waals surface area contributed by atoms with E-state index >= 15 is 0 Å². The lowest BCUT2D eigenvalue weighted by molar-refractivity contribution is -0.124. The van der Waals surface area contributed by atoms with E-state index < -0.39 is 0 Å². The van der Waals surface area contributed by atoms with Gasteiger partial charge in [-0.05, 0) is 35.2 Å². The number of aromatic nitrogens is 4. The van der Waals surface area contributed by atoms with Crippen LogP contribution in [-0.2, 0) is 29.0 Å². The van der Waals surface area contributed by atoms with Crippen molar-refractivity contribution in [1.29, 1.82) is 0 Å². The van der Waals surface area contributed by atoms with Crippen LogP contribution < -0.4 is 10.6 Å². The Bertz CT molecular complexity index is 981. The Labute approximate surface area is 169 Å². The van der Waals surface area contributed by atoms with Gasteiger partial charge in [-0.2, -0.15) is 4.80 Å². The molecular weight excluding hydrogens is 368 g/mol. The molecule has 29 heavy (non-hydrogen) atoms. The number of benzene rings is 2. The van der Waals surface area contributed by atoms with E-state index in [1.807, 2.05) is 55.5 Å². The largest absolute Gasteiger partial charge is 0.345 e. The van der Waals surface area contributed by atoms with E-state index in [1.165, 1.54) is 10.4 Å². The number of para-hydroxylation sites is 1. The summed E-state index contributed by atoms with van der Waals surface area (Å²) in [6.45, 7) is 3.87.